The second-order valence-electron chi connectivity index (χ2n) is 7.05. The highest BCUT2D eigenvalue weighted by molar-refractivity contribution is 5.50. The second-order valence-corrected chi connectivity index (χ2v) is 7.05. The average molecular weight is 416 g/mol. The number of likely N-dealkylation sites (tertiary alicyclic amines) is 1. The lowest BCUT2D eigenvalue weighted by Crippen LogP contribution is -2.23. The van der Waals surface area contributed by atoms with Gasteiger partial charge in [-0.05, 0) is 43.1 Å². The lowest BCUT2D eigenvalue weighted by atomic mass is 10.1. The molecule has 4 rings (SSSR count). The van der Waals surface area contributed by atoms with Crippen LogP contribution >= 0.6 is 0 Å². The van der Waals surface area contributed by atoms with Crippen LogP contribution in [-0.4, -0.2) is 46.9 Å². The lowest BCUT2D eigenvalue weighted by Gasteiger charge is -2.21. The molecule has 0 bridgehead atoms. The quantitative estimate of drug-likeness (QED) is 0.518. The number of pyridine rings is 1. The third-order valence-corrected chi connectivity index (χ3v) is 4.98. The van der Waals surface area contributed by atoms with Gasteiger partial charge >= 0.3 is 0 Å². The number of hydrogen-bond donors (Lipinski definition) is 0. The largest absolute Gasteiger partial charge is 0.491 e. The molecule has 30 heavy (non-hydrogen) atoms. The van der Waals surface area contributed by atoms with Crippen LogP contribution in [0.4, 0.5) is 8.78 Å². The van der Waals surface area contributed by atoms with Gasteiger partial charge in [-0.1, -0.05) is 11.2 Å². The molecule has 0 amide bonds. The summed E-state index contributed by atoms with van der Waals surface area (Å²) in [5.74, 6) is -0.190. The van der Waals surface area contributed by atoms with Crippen LogP contribution in [0.1, 0.15) is 30.3 Å². The molecule has 9 heteroatoms. The van der Waals surface area contributed by atoms with E-state index < -0.39 is 11.6 Å². The Kier molecular flexibility index (Phi) is 6.29. The topological polar surface area (TPSA) is 73.5 Å². The Morgan fingerprint density at radius 1 is 1.17 bits per heavy atom. The Balaban J connectivity index is 1.47. The van der Waals surface area contributed by atoms with Crippen molar-refractivity contribution in [2.24, 2.45) is 0 Å². The fraction of sp³-hybridized carbons (Fsp3) is 0.381. The zero-order valence-electron chi connectivity index (χ0n) is 16.6. The maximum atomic E-state index is 13.5. The van der Waals surface area contributed by atoms with Gasteiger partial charge in [-0.15, -0.1) is 0 Å². The van der Waals surface area contributed by atoms with E-state index in [-0.39, 0.29) is 6.04 Å². The second kappa shape index (κ2) is 9.27. The molecule has 3 heterocycles. The van der Waals surface area contributed by atoms with E-state index in [0.29, 0.717) is 48.5 Å². The lowest BCUT2D eigenvalue weighted by molar-refractivity contribution is 0.146. The van der Waals surface area contributed by atoms with Crippen molar-refractivity contribution in [3.05, 3.63) is 59.6 Å². The molecule has 1 fully saturated rings. The van der Waals surface area contributed by atoms with Crippen LogP contribution in [0.3, 0.4) is 0 Å². The predicted octanol–water partition coefficient (Wildman–Crippen LogP) is 3.77. The Morgan fingerprint density at radius 3 is 2.90 bits per heavy atom. The van der Waals surface area contributed by atoms with Crippen molar-refractivity contribution in [1.29, 1.82) is 0 Å². The van der Waals surface area contributed by atoms with Crippen LogP contribution in [0.5, 0.6) is 5.75 Å². The van der Waals surface area contributed by atoms with E-state index >= 15 is 0 Å². The summed E-state index contributed by atoms with van der Waals surface area (Å²) in [4.78, 5) is 10.9. The molecule has 7 nitrogen and oxygen atoms in total. The van der Waals surface area contributed by atoms with Crippen molar-refractivity contribution in [3.63, 3.8) is 0 Å². The van der Waals surface area contributed by atoms with Crippen molar-refractivity contribution < 1.29 is 22.8 Å². The van der Waals surface area contributed by atoms with E-state index in [0.717, 1.165) is 25.5 Å². The summed E-state index contributed by atoms with van der Waals surface area (Å²) in [6.45, 7) is 2.20. The Hall–Kier alpha value is -2.91. The van der Waals surface area contributed by atoms with Crippen LogP contribution in [0.15, 0.2) is 41.1 Å². The fourth-order valence-corrected chi connectivity index (χ4v) is 3.51. The number of rotatable bonds is 8. The maximum Gasteiger partial charge on any atom is 0.244 e. The van der Waals surface area contributed by atoms with Gasteiger partial charge in [-0.25, -0.2) is 8.78 Å². The van der Waals surface area contributed by atoms with Crippen molar-refractivity contribution in [1.82, 2.24) is 20.0 Å². The smallest absolute Gasteiger partial charge is 0.244 e. The summed E-state index contributed by atoms with van der Waals surface area (Å²) in [6.07, 6.45) is 3.42. The molecule has 1 unspecified atom stereocenters. The highest BCUT2D eigenvalue weighted by Gasteiger charge is 2.31. The highest BCUT2D eigenvalue weighted by Crippen LogP contribution is 2.33. The normalized spacial score (nSPS) is 16.8. The van der Waals surface area contributed by atoms with Crippen LogP contribution in [0, 0.1) is 11.6 Å². The zero-order valence-corrected chi connectivity index (χ0v) is 16.6. The standard InChI is InChI=1S/C21H22F2N4O3/c1-28-9-10-29-15-6-7-24-18(12-15)20-25-21(30-26-20)19-3-2-8-27(19)13-14-4-5-16(22)17(23)11-14/h4-7,11-12,19H,2-3,8-10,13H2,1H3. The molecule has 3 aromatic rings. The van der Waals surface area contributed by atoms with E-state index in [1.54, 1.807) is 31.5 Å². The summed E-state index contributed by atoms with van der Waals surface area (Å²) in [5.41, 5.74) is 1.24. The van der Waals surface area contributed by atoms with Gasteiger partial charge in [-0.2, -0.15) is 4.98 Å². The van der Waals surface area contributed by atoms with Gasteiger partial charge in [0.25, 0.3) is 0 Å². The van der Waals surface area contributed by atoms with Gasteiger partial charge in [-0.3, -0.25) is 9.88 Å². The Bertz CT molecular complexity index is 998. The number of nitrogens with zero attached hydrogens (tertiary/aromatic N) is 4. The molecule has 0 aliphatic carbocycles. The van der Waals surface area contributed by atoms with Gasteiger partial charge in [0.1, 0.15) is 18.1 Å². The van der Waals surface area contributed by atoms with Crippen molar-refractivity contribution in [2.75, 3.05) is 26.9 Å². The van der Waals surface area contributed by atoms with E-state index in [4.69, 9.17) is 14.0 Å². The van der Waals surface area contributed by atoms with Crippen LogP contribution in [0.25, 0.3) is 11.5 Å². The first-order chi connectivity index (χ1) is 14.6. The number of ether oxygens (including phenoxy) is 2. The van der Waals surface area contributed by atoms with E-state index in [9.17, 15) is 8.78 Å². The third kappa shape index (κ3) is 4.63. The SMILES string of the molecule is COCCOc1ccnc(-c2noc(C3CCCN3Cc3ccc(F)c(F)c3)n2)c1. The molecule has 0 N–H and O–H groups in total. The molecule has 1 aromatic carbocycles. The molecule has 158 valence electrons. The zero-order chi connectivity index (χ0) is 20.9. The van der Waals surface area contributed by atoms with Crippen LogP contribution < -0.4 is 4.74 Å². The molecule has 0 saturated carbocycles. The minimum Gasteiger partial charge on any atom is -0.491 e. The van der Waals surface area contributed by atoms with Crippen LogP contribution in [0.2, 0.25) is 0 Å². The molecule has 1 aliphatic rings. The molecule has 0 radical (unpaired) electrons. The van der Waals surface area contributed by atoms with Gasteiger partial charge in [0, 0.05) is 25.9 Å². The fourth-order valence-electron chi connectivity index (χ4n) is 3.51. The molecule has 1 atom stereocenters. The average Bonchev–Trinajstić information content (AvgIpc) is 3.41. The first-order valence-electron chi connectivity index (χ1n) is 9.74. The van der Waals surface area contributed by atoms with Gasteiger partial charge in [0.05, 0.1) is 12.6 Å². The molecule has 1 saturated heterocycles. The van der Waals surface area contributed by atoms with E-state index in [2.05, 4.69) is 20.0 Å². The number of halogens is 2. The summed E-state index contributed by atoms with van der Waals surface area (Å²) >= 11 is 0. The summed E-state index contributed by atoms with van der Waals surface area (Å²) in [5, 5.41) is 4.07. The molecule has 1 aliphatic heterocycles. The minimum atomic E-state index is -0.848. The third-order valence-electron chi connectivity index (χ3n) is 4.98. The first kappa shape index (κ1) is 20.4. The number of hydrogen-bond acceptors (Lipinski definition) is 7. The molecular formula is C21H22F2N4O3. The summed E-state index contributed by atoms with van der Waals surface area (Å²) < 4.78 is 42.8. The van der Waals surface area contributed by atoms with Gasteiger partial charge < -0.3 is 14.0 Å². The van der Waals surface area contributed by atoms with Crippen molar-refractivity contribution in [3.8, 4) is 17.3 Å². The predicted molar refractivity (Wildman–Crippen MR) is 104 cm³/mol. The molecular weight excluding hydrogens is 394 g/mol. The first-order valence-corrected chi connectivity index (χ1v) is 9.74. The molecule has 2 aromatic heterocycles. The number of benzene rings is 1. The molecule has 0 spiro atoms. The highest BCUT2D eigenvalue weighted by atomic mass is 19.2. The minimum absolute atomic E-state index is 0.0829. The van der Waals surface area contributed by atoms with E-state index in [1.165, 1.54) is 6.07 Å². The van der Waals surface area contributed by atoms with Crippen molar-refractivity contribution >= 4 is 0 Å². The van der Waals surface area contributed by atoms with Gasteiger partial charge in [0.15, 0.2) is 11.6 Å². The Morgan fingerprint density at radius 2 is 2.07 bits per heavy atom. The monoisotopic (exact) mass is 416 g/mol. The van der Waals surface area contributed by atoms with E-state index in [1.807, 2.05) is 0 Å². The van der Waals surface area contributed by atoms with Gasteiger partial charge in [0.2, 0.25) is 11.7 Å². The maximum absolute atomic E-state index is 13.5. The number of methoxy groups -OCH3 is 1. The number of aromatic nitrogens is 3. The van der Waals surface area contributed by atoms with Crippen molar-refractivity contribution in [2.45, 2.75) is 25.4 Å². The summed E-state index contributed by atoms with van der Waals surface area (Å²) in [7, 11) is 1.61. The summed E-state index contributed by atoms with van der Waals surface area (Å²) in [6, 6.07) is 7.38. The van der Waals surface area contributed by atoms with Crippen LogP contribution in [-0.2, 0) is 11.3 Å². The Labute approximate surface area is 172 Å².